The molecule has 1 aliphatic heterocycles. The Morgan fingerprint density at radius 3 is 2.88 bits per heavy atom. The molecule has 1 fully saturated rings. The van der Waals surface area contributed by atoms with Crippen LogP contribution < -0.4 is 5.32 Å². The van der Waals surface area contributed by atoms with Gasteiger partial charge >= 0.3 is 0 Å². The van der Waals surface area contributed by atoms with Crippen molar-refractivity contribution in [3.8, 4) is 0 Å². The molecule has 1 saturated heterocycles. The summed E-state index contributed by atoms with van der Waals surface area (Å²) >= 11 is 11.9. The van der Waals surface area contributed by atoms with Crippen molar-refractivity contribution in [1.29, 1.82) is 0 Å². The van der Waals surface area contributed by atoms with Gasteiger partial charge in [0.25, 0.3) is 0 Å². The predicted molar refractivity (Wildman–Crippen MR) is 73.0 cm³/mol. The molecular formula is C12H17Cl2N3. The molecule has 0 bridgehead atoms. The van der Waals surface area contributed by atoms with Crippen LogP contribution in [0.1, 0.15) is 19.8 Å². The predicted octanol–water partition coefficient (Wildman–Crippen LogP) is 3.28. The number of piperidine rings is 1. The Labute approximate surface area is 112 Å². The number of aromatic nitrogens is 1. The summed E-state index contributed by atoms with van der Waals surface area (Å²) in [4.78, 5) is 6.60. The molecule has 0 aliphatic carbocycles. The van der Waals surface area contributed by atoms with Crippen LogP contribution in [0.5, 0.6) is 0 Å². The van der Waals surface area contributed by atoms with Crippen LogP contribution in [0.25, 0.3) is 0 Å². The summed E-state index contributed by atoms with van der Waals surface area (Å²) in [5, 5.41) is 4.55. The zero-order valence-electron chi connectivity index (χ0n) is 10.1. The van der Waals surface area contributed by atoms with Gasteiger partial charge in [-0.25, -0.2) is 4.98 Å². The quantitative estimate of drug-likeness (QED) is 0.897. The first kappa shape index (κ1) is 12.9. The van der Waals surface area contributed by atoms with E-state index in [1.165, 1.54) is 0 Å². The average Bonchev–Trinajstić information content (AvgIpc) is 2.27. The molecule has 2 atom stereocenters. The third-order valence-electron chi connectivity index (χ3n) is 3.36. The molecule has 0 saturated carbocycles. The van der Waals surface area contributed by atoms with E-state index in [0.29, 0.717) is 22.1 Å². The Morgan fingerprint density at radius 2 is 2.24 bits per heavy atom. The molecule has 2 unspecified atom stereocenters. The van der Waals surface area contributed by atoms with Gasteiger partial charge in [-0.05, 0) is 32.9 Å². The average molecular weight is 274 g/mol. The summed E-state index contributed by atoms with van der Waals surface area (Å²) in [7, 11) is 2.16. The number of anilines is 1. The number of hydrogen-bond donors (Lipinski definition) is 1. The van der Waals surface area contributed by atoms with Crippen LogP contribution >= 0.6 is 23.2 Å². The molecule has 3 nitrogen and oxygen atoms in total. The minimum Gasteiger partial charge on any atom is -0.366 e. The molecular weight excluding hydrogens is 257 g/mol. The van der Waals surface area contributed by atoms with E-state index < -0.39 is 0 Å². The minimum absolute atomic E-state index is 0.437. The highest BCUT2D eigenvalue weighted by Gasteiger charge is 2.23. The van der Waals surface area contributed by atoms with Crippen molar-refractivity contribution in [3.05, 3.63) is 22.3 Å². The highest BCUT2D eigenvalue weighted by atomic mass is 35.5. The van der Waals surface area contributed by atoms with Gasteiger partial charge in [0.15, 0.2) is 0 Å². The molecule has 94 valence electrons. The normalized spacial score (nSPS) is 25.9. The van der Waals surface area contributed by atoms with Crippen LogP contribution in [0.15, 0.2) is 12.3 Å². The highest BCUT2D eigenvalue weighted by molar-refractivity contribution is 6.35. The van der Waals surface area contributed by atoms with E-state index >= 15 is 0 Å². The van der Waals surface area contributed by atoms with Crippen LogP contribution in [0.3, 0.4) is 0 Å². The van der Waals surface area contributed by atoms with E-state index in [9.17, 15) is 0 Å². The summed E-state index contributed by atoms with van der Waals surface area (Å²) in [5.74, 6) is 0.734. The third kappa shape index (κ3) is 3.24. The van der Waals surface area contributed by atoms with Gasteiger partial charge in [0.05, 0.1) is 10.0 Å². The van der Waals surface area contributed by atoms with Crippen molar-refractivity contribution in [2.75, 3.05) is 18.9 Å². The SMILES string of the molecule is CC1CC(Nc2ncc(Cl)cc2Cl)CCN1C. The fourth-order valence-electron chi connectivity index (χ4n) is 2.13. The van der Waals surface area contributed by atoms with E-state index in [4.69, 9.17) is 23.2 Å². The fraction of sp³-hybridized carbons (Fsp3) is 0.583. The maximum atomic E-state index is 6.09. The first-order valence-corrected chi connectivity index (χ1v) is 6.59. The maximum absolute atomic E-state index is 6.09. The Bertz CT molecular complexity index is 397. The zero-order chi connectivity index (χ0) is 12.4. The molecule has 0 amide bonds. The molecule has 17 heavy (non-hydrogen) atoms. The van der Waals surface area contributed by atoms with Crippen molar-refractivity contribution in [2.45, 2.75) is 31.8 Å². The van der Waals surface area contributed by atoms with Gasteiger partial charge in [-0.1, -0.05) is 23.2 Å². The van der Waals surface area contributed by atoms with Crippen LogP contribution in [0.2, 0.25) is 10.0 Å². The van der Waals surface area contributed by atoms with Crippen molar-refractivity contribution >= 4 is 29.0 Å². The lowest BCUT2D eigenvalue weighted by atomic mass is 9.99. The number of likely N-dealkylation sites (tertiary alicyclic amines) is 1. The fourth-order valence-corrected chi connectivity index (χ4v) is 2.57. The monoisotopic (exact) mass is 273 g/mol. The Balaban J connectivity index is 2.01. The molecule has 1 aliphatic rings. The zero-order valence-corrected chi connectivity index (χ0v) is 11.6. The number of halogens is 2. The Kier molecular flexibility index (Phi) is 4.13. The van der Waals surface area contributed by atoms with E-state index in [1.807, 2.05) is 0 Å². The first-order chi connectivity index (χ1) is 8.06. The highest BCUT2D eigenvalue weighted by Crippen LogP contribution is 2.25. The molecule has 1 aromatic rings. The maximum Gasteiger partial charge on any atom is 0.145 e. The summed E-state index contributed by atoms with van der Waals surface area (Å²) in [6, 6.07) is 2.75. The number of rotatable bonds is 2. The molecule has 0 radical (unpaired) electrons. The molecule has 0 aromatic carbocycles. The van der Waals surface area contributed by atoms with E-state index in [-0.39, 0.29) is 0 Å². The van der Waals surface area contributed by atoms with Crippen molar-refractivity contribution < 1.29 is 0 Å². The van der Waals surface area contributed by atoms with Gasteiger partial charge in [0.1, 0.15) is 5.82 Å². The molecule has 5 heteroatoms. The van der Waals surface area contributed by atoms with Crippen LogP contribution in [-0.4, -0.2) is 35.6 Å². The second kappa shape index (κ2) is 5.42. The van der Waals surface area contributed by atoms with Gasteiger partial charge in [-0.2, -0.15) is 0 Å². The summed E-state index contributed by atoms with van der Waals surface area (Å²) < 4.78 is 0. The lowest BCUT2D eigenvalue weighted by Crippen LogP contribution is -2.42. The third-order valence-corrected chi connectivity index (χ3v) is 3.85. The van der Waals surface area contributed by atoms with Crippen LogP contribution in [0, 0.1) is 0 Å². The summed E-state index contributed by atoms with van der Waals surface area (Å²) in [5.41, 5.74) is 0. The standard InChI is InChI=1S/C12H17Cl2N3/c1-8-5-10(3-4-17(8)2)16-12-11(14)6-9(13)7-15-12/h6-8,10H,3-5H2,1-2H3,(H,15,16). The molecule has 0 spiro atoms. The Morgan fingerprint density at radius 1 is 1.47 bits per heavy atom. The minimum atomic E-state index is 0.437. The number of nitrogens with one attached hydrogen (secondary N) is 1. The number of pyridine rings is 1. The lowest BCUT2D eigenvalue weighted by Gasteiger charge is -2.35. The first-order valence-electron chi connectivity index (χ1n) is 5.84. The molecule has 2 rings (SSSR count). The summed E-state index contributed by atoms with van der Waals surface area (Å²) in [6.45, 7) is 3.34. The number of hydrogen-bond acceptors (Lipinski definition) is 3. The van der Waals surface area contributed by atoms with Crippen molar-refractivity contribution in [2.24, 2.45) is 0 Å². The van der Waals surface area contributed by atoms with Gasteiger partial charge in [0.2, 0.25) is 0 Å². The van der Waals surface area contributed by atoms with Gasteiger partial charge in [-0.3, -0.25) is 0 Å². The molecule has 1 N–H and O–H groups in total. The topological polar surface area (TPSA) is 28.2 Å². The van der Waals surface area contributed by atoms with E-state index in [0.717, 1.165) is 25.2 Å². The van der Waals surface area contributed by atoms with Crippen molar-refractivity contribution in [3.63, 3.8) is 0 Å². The van der Waals surface area contributed by atoms with Gasteiger partial charge in [0, 0.05) is 24.8 Å². The molecule has 1 aromatic heterocycles. The lowest BCUT2D eigenvalue weighted by molar-refractivity contribution is 0.190. The van der Waals surface area contributed by atoms with Crippen LogP contribution in [0.4, 0.5) is 5.82 Å². The molecule has 2 heterocycles. The Hall–Kier alpha value is -0.510. The largest absolute Gasteiger partial charge is 0.366 e. The summed E-state index contributed by atoms with van der Waals surface area (Å²) in [6.07, 6.45) is 3.84. The van der Waals surface area contributed by atoms with E-state index in [1.54, 1.807) is 12.3 Å². The smallest absolute Gasteiger partial charge is 0.145 e. The van der Waals surface area contributed by atoms with Crippen molar-refractivity contribution in [1.82, 2.24) is 9.88 Å². The second-order valence-electron chi connectivity index (χ2n) is 4.68. The second-order valence-corrected chi connectivity index (χ2v) is 5.52. The van der Waals surface area contributed by atoms with Crippen LogP contribution in [-0.2, 0) is 0 Å². The number of nitrogens with zero attached hydrogens (tertiary/aromatic N) is 2. The van der Waals surface area contributed by atoms with Gasteiger partial charge < -0.3 is 10.2 Å². The van der Waals surface area contributed by atoms with Gasteiger partial charge in [-0.15, -0.1) is 0 Å². The van der Waals surface area contributed by atoms with E-state index in [2.05, 4.69) is 29.2 Å².